The molecule has 2 heterocycles. The molecule has 0 aliphatic heterocycles. The van der Waals surface area contributed by atoms with Crippen LogP contribution in [0.4, 0.5) is 0 Å². The maximum absolute atomic E-state index is 11.0. The smallest absolute Gasteiger partial charge is 0.360 e. The molecule has 0 fully saturated rings. The van der Waals surface area contributed by atoms with Crippen molar-refractivity contribution < 1.29 is 21.1 Å². The summed E-state index contributed by atoms with van der Waals surface area (Å²) in [5, 5.41) is 0. The SMILES string of the molecule is Cl.Cl.O=c1cc[nH]c(-c2cc(=O)cc[nH]2)c1.[Pt+4]. The predicted molar refractivity (Wildman–Crippen MR) is 67.6 cm³/mol. The fourth-order valence-corrected chi connectivity index (χ4v) is 1.20. The third-order valence-electron chi connectivity index (χ3n) is 1.84. The minimum absolute atomic E-state index is 0. The van der Waals surface area contributed by atoms with Gasteiger partial charge in [0.1, 0.15) is 0 Å². The maximum Gasteiger partial charge on any atom is 4.00 e. The number of pyridine rings is 2. The Morgan fingerprint density at radius 3 is 1.41 bits per heavy atom. The van der Waals surface area contributed by atoms with Crippen LogP contribution >= 0.6 is 24.8 Å². The summed E-state index contributed by atoms with van der Waals surface area (Å²) in [4.78, 5) is 27.8. The van der Waals surface area contributed by atoms with E-state index in [0.717, 1.165) is 0 Å². The number of H-pyrrole nitrogens is 2. The molecule has 0 spiro atoms. The molecular formula is C10H10Cl2N2O2Pt+4. The first-order chi connectivity index (χ1) is 6.75. The van der Waals surface area contributed by atoms with Crippen molar-refractivity contribution in [2.45, 2.75) is 0 Å². The van der Waals surface area contributed by atoms with Crippen molar-refractivity contribution in [1.29, 1.82) is 0 Å². The number of aromatic nitrogens is 2. The normalized spacial score (nSPS) is 8.24. The molecule has 4 nitrogen and oxygen atoms in total. The zero-order valence-corrected chi connectivity index (χ0v) is 12.3. The second kappa shape index (κ2) is 8.29. The Hall–Kier alpha value is -0.832. The van der Waals surface area contributed by atoms with E-state index in [9.17, 15) is 9.59 Å². The average molecular weight is 456 g/mol. The van der Waals surface area contributed by atoms with E-state index in [-0.39, 0.29) is 56.7 Å². The molecular weight excluding hydrogens is 446 g/mol. The van der Waals surface area contributed by atoms with E-state index in [0.29, 0.717) is 11.4 Å². The van der Waals surface area contributed by atoms with E-state index >= 15 is 0 Å². The van der Waals surface area contributed by atoms with Crippen LogP contribution in [0.25, 0.3) is 11.4 Å². The molecule has 0 saturated heterocycles. The van der Waals surface area contributed by atoms with Gasteiger partial charge in [0.05, 0.1) is 11.4 Å². The van der Waals surface area contributed by atoms with Crippen LogP contribution in [0.1, 0.15) is 0 Å². The Morgan fingerprint density at radius 2 is 1.12 bits per heavy atom. The van der Waals surface area contributed by atoms with Gasteiger partial charge < -0.3 is 9.97 Å². The Kier molecular flexibility index (Phi) is 9.03. The Labute approximate surface area is 124 Å². The Bertz CT molecular complexity index is 517. The summed E-state index contributed by atoms with van der Waals surface area (Å²) in [7, 11) is 0. The number of hydrogen-bond donors (Lipinski definition) is 2. The molecule has 7 heteroatoms. The molecule has 0 amide bonds. The van der Waals surface area contributed by atoms with Gasteiger partial charge in [-0.25, -0.2) is 0 Å². The summed E-state index contributed by atoms with van der Waals surface area (Å²) in [5.41, 5.74) is 1.03. The van der Waals surface area contributed by atoms with E-state index in [1.807, 2.05) is 0 Å². The molecule has 2 N–H and O–H groups in total. The molecule has 17 heavy (non-hydrogen) atoms. The van der Waals surface area contributed by atoms with Crippen molar-refractivity contribution >= 4 is 24.8 Å². The summed E-state index contributed by atoms with van der Waals surface area (Å²) in [6.45, 7) is 0. The maximum atomic E-state index is 11.0. The molecule has 92 valence electrons. The van der Waals surface area contributed by atoms with E-state index in [4.69, 9.17) is 0 Å². The molecule has 0 unspecified atom stereocenters. The first kappa shape index (κ1) is 18.5. The molecule has 0 aromatic carbocycles. The van der Waals surface area contributed by atoms with Crippen LogP contribution in [0.15, 0.2) is 46.2 Å². The molecule has 0 aliphatic rings. The van der Waals surface area contributed by atoms with Gasteiger partial charge in [-0.2, -0.15) is 0 Å². The van der Waals surface area contributed by atoms with Crippen LogP contribution in [-0.2, 0) is 21.1 Å². The number of halogens is 2. The number of rotatable bonds is 1. The summed E-state index contributed by atoms with van der Waals surface area (Å²) >= 11 is 0. The van der Waals surface area contributed by atoms with Gasteiger partial charge in [-0.15, -0.1) is 24.8 Å². The fraction of sp³-hybridized carbons (Fsp3) is 0. The Morgan fingerprint density at radius 1 is 0.765 bits per heavy atom. The number of hydrogen-bond acceptors (Lipinski definition) is 2. The van der Waals surface area contributed by atoms with Crippen molar-refractivity contribution in [3.8, 4) is 11.4 Å². The monoisotopic (exact) mass is 455 g/mol. The van der Waals surface area contributed by atoms with Crippen LogP contribution in [0.5, 0.6) is 0 Å². The van der Waals surface area contributed by atoms with E-state index in [1.165, 1.54) is 24.3 Å². The molecule has 2 rings (SSSR count). The molecule has 0 radical (unpaired) electrons. The zero-order chi connectivity index (χ0) is 9.97. The van der Waals surface area contributed by atoms with Crippen molar-refractivity contribution in [2.24, 2.45) is 0 Å². The van der Waals surface area contributed by atoms with Gasteiger partial charge in [-0.1, -0.05) is 0 Å². The topological polar surface area (TPSA) is 65.7 Å². The van der Waals surface area contributed by atoms with Crippen LogP contribution in [0, 0.1) is 0 Å². The van der Waals surface area contributed by atoms with Crippen molar-refractivity contribution in [1.82, 2.24) is 9.97 Å². The minimum atomic E-state index is -0.0940. The van der Waals surface area contributed by atoms with Gasteiger partial charge >= 0.3 is 21.1 Å². The third-order valence-corrected chi connectivity index (χ3v) is 1.84. The number of aromatic amines is 2. The van der Waals surface area contributed by atoms with Gasteiger partial charge in [0.25, 0.3) is 0 Å². The fourth-order valence-electron chi connectivity index (χ4n) is 1.20. The molecule has 0 bridgehead atoms. The van der Waals surface area contributed by atoms with Gasteiger partial charge in [-0.3, -0.25) is 9.59 Å². The van der Waals surface area contributed by atoms with E-state index in [2.05, 4.69) is 9.97 Å². The van der Waals surface area contributed by atoms with Crippen LogP contribution in [0.2, 0.25) is 0 Å². The average Bonchev–Trinajstić information content (AvgIpc) is 2.18. The summed E-state index contributed by atoms with van der Waals surface area (Å²) < 4.78 is 0. The first-order valence-corrected chi connectivity index (χ1v) is 4.13. The molecule has 0 atom stereocenters. The zero-order valence-electron chi connectivity index (χ0n) is 8.41. The van der Waals surface area contributed by atoms with Gasteiger partial charge in [0, 0.05) is 36.7 Å². The standard InChI is InChI=1S/C10H8N2O2.2ClH.Pt/c13-7-1-3-11-9(5-7)10-6-8(14)2-4-12-10;;;/h1-6H,(H,11,13)(H,12,14);2*1H;/q;;;+4. The molecule has 0 saturated carbocycles. The number of nitrogens with one attached hydrogen (secondary N) is 2. The van der Waals surface area contributed by atoms with Gasteiger partial charge in [-0.05, 0) is 0 Å². The van der Waals surface area contributed by atoms with Crippen molar-refractivity contribution in [3.63, 3.8) is 0 Å². The molecule has 0 aliphatic carbocycles. The molecule has 2 aromatic heterocycles. The quantitative estimate of drug-likeness (QED) is 0.685. The van der Waals surface area contributed by atoms with E-state index in [1.54, 1.807) is 12.4 Å². The second-order valence-corrected chi connectivity index (χ2v) is 2.88. The van der Waals surface area contributed by atoms with Crippen molar-refractivity contribution in [3.05, 3.63) is 57.1 Å². The summed E-state index contributed by atoms with van der Waals surface area (Å²) in [6.07, 6.45) is 3.09. The van der Waals surface area contributed by atoms with Crippen LogP contribution < -0.4 is 10.9 Å². The van der Waals surface area contributed by atoms with Crippen LogP contribution in [-0.4, -0.2) is 9.97 Å². The molecule has 2 aromatic rings. The summed E-state index contributed by atoms with van der Waals surface area (Å²) in [5.74, 6) is 0. The van der Waals surface area contributed by atoms with Gasteiger partial charge in [0.15, 0.2) is 10.9 Å². The van der Waals surface area contributed by atoms with Crippen LogP contribution in [0.3, 0.4) is 0 Å². The van der Waals surface area contributed by atoms with Gasteiger partial charge in [0.2, 0.25) is 0 Å². The largest absolute Gasteiger partial charge is 4.00 e. The third kappa shape index (κ3) is 4.90. The van der Waals surface area contributed by atoms with Crippen molar-refractivity contribution in [2.75, 3.05) is 0 Å². The predicted octanol–water partition coefficient (Wildman–Crippen LogP) is 1.57. The second-order valence-electron chi connectivity index (χ2n) is 2.88. The van der Waals surface area contributed by atoms with E-state index < -0.39 is 0 Å². The Balaban J connectivity index is 0. The minimum Gasteiger partial charge on any atom is -0.360 e. The first-order valence-electron chi connectivity index (χ1n) is 4.13. The summed E-state index contributed by atoms with van der Waals surface area (Å²) in [6, 6.07) is 5.71.